The number of amides is 1. The summed E-state index contributed by atoms with van der Waals surface area (Å²) in [7, 11) is 1.64. The van der Waals surface area contributed by atoms with Crippen LogP contribution in [0.3, 0.4) is 0 Å². The van der Waals surface area contributed by atoms with Gasteiger partial charge in [-0.05, 0) is 24.7 Å². The van der Waals surface area contributed by atoms with Gasteiger partial charge in [0.25, 0.3) is 0 Å². The van der Waals surface area contributed by atoms with E-state index in [4.69, 9.17) is 10.8 Å². The van der Waals surface area contributed by atoms with E-state index in [0.717, 1.165) is 0 Å². The molecular formula is C9H12N2O2. The highest BCUT2D eigenvalue weighted by Gasteiger charge is 2.14. The second kappa shape index (κ2) is 3.91. The van der Waals surface area contributed by atoms with E-state index in [1.54, 1.807) is 19.2 Å². The van der Waals surface area contributed by atoms with Gasteiger partial charge >= 0.3 is 0 Å². The highest BCUT2D eigenvalue weighted by molar-refractivity contribution is 5.81. The quantitative estimate of drug-likeness (QED) is 0.619. The highest BCUT2D eigenvalue weighted by Crippen LogP contribution is 2.17. The molecule has 0 bridgehead atoms. The molecule has 0 aliphatic rings. The van der Waals surface area contributed by atoms with Gasteiger partial charge in [0.05, 0.1) is 0 Å². The smallest absolute Gasteiger partial charge is 0.239 e. The van der Waals surface area contributed by atoms with Crippen molar-refractivity contribution in [1.29, 1.82) is 0 Å². The van der Waals surface area contributed by atoms with Crippen LogP contribution in [0.25, 0.3) is 0 Å². The summed E-state index contributed by atoms with van der Waals surface area (Å²) in [6.07, 6.45) is 0. The summed E-state index contributed by atoms with van der Waals surface area (Å²) in [5, 5.41) is 11.9. The summed E-state index contributed by atoms with van der Waals surface area (Å²) < 4.78 is 0. The summed E-state index contributed by atoms with van der Waals surface area (Å²) in [6, 6.07) is 5.89. The number of hydrogen-bond donors (Lipinski definition) is 3. The van der Waals surface area contributed by atoms with Crippen molar-refractivity contribution in [2.45, 2.75) is 6.04 Å². The van der Waals surface area contributed by atoms with Crippen LogP contribution in [0, 0.1) is 0 Å². The number of nitrogens with two attached hydrogens (primary N) is 1. The second-order valence-electron chi connectivity index (χ2n) is 2.72. The van der Waals surface area contributed by atoms with Crippen LogP contribution in [0.5, 0.6) is 5.75 Å². The normalized spacial score (nSPS) is 12.4. The number of hydrogen-bond acceptors (Lipinski definition) is 3. The summed E-state index contributed by atoms with van der Waals surface area (Å²) in [6.45, 7) is 0. The molecule has 0 aromatic heterocycles. The molecular weight excluding hydrogens is 168 g/mol. The first kappa shape index (κ1) is 9.54. The van der Waals surface area contributed by atoms with Gasteiger partial charge in [-0.3, -0.25) is 4.79 Å². The fourth-order valence-electron chi connectivity index (χ4n) is 1.18. The Bertz CT molecular complexity index is 312. The van der Waals surface area contributed by atoms with Gasteiger partial charge in [0.2, 0.25) is 5.91 Å². The van der Waals surface area contributed by atoms with E-state index in [-0.39, 0.29) is 5.75 Å². The van der Waals surface area contributed by atoms with Crippen LogP contribution in [0.1, 0.15) is 11.6 Å². The molecule has 4 N–H and O–H groups in total. The van der Waals surface area contributed by atoms with Gasteiger partial charge in [-0.15, -0.1) is 0 Å². The van der Waals surface area contributed by atoms with Gasteiger partial charge < -0.3 is 16.2 Å². The lowest BCUT2D eigenvalue weighted by Crippen LogP contribution is -2.31. The number of rotatable bonds is 3. The Balaban J connectivity index is 2.98. The predicted octanol–water partition coefficient (Wildman–Crippen LogP) is 0.138. The van der Waals surface area contributed by atoms with Crippen LogP contribution >= 0.6 is 0 Å². The highest BCUT2D eigenvalue weighted by atomic mass is 16.3. The Morgan fingerprint density at radius 3 is 2.77 bits per heavy atom. The Labute approximate surface area is 76.4 Å². The van der Waals surface area contributed by atoms with Crippen molar-refractivity contribution in [3.05, 3.63) is 29.8 Å². The lowest BCUT2D eigenvalue weighted by atomic mass is 10.1. The molecule has 4 heteroatoms. The lowest BCUT2D eigenvalue weighted by Gasteiger charge is -2.12. The van der Waals surface area contributed by atoms with E-state index < -0.39 is 11.9 Å². The molecule has 0 aliphatic heterocycles. The molecule has 1 aromatic rings. The zero-order valence-corrected chi connectivity index (χ0v) is 7.32. The molecule has 0 aliphatic carbocycles. The number of phenols is 1. The minimum Gasteiger partial charge on any atom is -0.508 e. The fourth-order valence-corrected chi connectivity index (χ4v) is 1.18. The first-order valence-electron chi connectivity index (χ1n) is 3.90. The second-order valence-corrected chi connectivity index (χ2v) is 2.72. The van der Waals surface area contributed by atoms with Crippen molar-refractivity contribution in [1.82, 2.24) is 5.32 Å². The van der Waals surface area contributed by atoms with Crippen molar-refractivity contribution in [3.63, 3.8) is 0 Å². The van der Waals surface area contributed by atoms with E-state index in [0.29, 0.717) is 5.56 Å². The van der Waals surface area contributed by atoms with Gasteiger partial charge in [-0.1, -0.05) is 12.1 Å². The molecule has 1 unspecified atom stereocenters. The molecule has 1 rings (SSSR count). The van der Waals surface area contributed by atoms with Crippen molar-refractivity contribution >= 4 is 5.91 Å². The van der Waals surface area contributed by atoms with E-state index in [1.807, 2.05) is 0 Å². The molecule has 0 radical (unpaired) electrons. The third-order valence-corrected chi connectivity index (χ3v) is 1.78. The number of carbonyl (C=O) groups excluding carboxylic acids is 1. The number of likely N-dealkylation sites (N-methyl/N-ethyl adjacent to an activating group) is 1. The number of carbonyl (C=O) groups is 1. The topological polar surface area (TPSA) is 75.3 Å². The van der Waals surface area contributed by atoms with Crippen LogP contribution < -0.4 is 11.1 Å². The molecule has 0 saturated heterocycles. The summed E-state index contributed by atoms with van der Waals surface area (Å²) in [4.78, 5) is 10.9. The molecule has 0 spiro atoms. The standard InChI is InChI=1S/C9H12N2O2/c1-11-8(9(10)13)6-3-2-4-7(12)5-6/h2-5,8,11-12H,1H3,(H2,10,13). The maximum absolute atomic E-state index is 10.9. The van der Waals surface area contributed by atoms with Crippen molar-refractivity contribution in [2.75, 3.05) is 7.05 Å². The van der Waals surface area contributed by atoms with E-state index in [2.05, 4.69) is 5.32 Å². The van der Waals surface area contributed by atoms with Crippen LogP contribution in [0.15, 0.2) is 24.3 Å². The third-order valence-electron chi connectivity index (χ3n) is 1.78. The molecule has 0 fully saturated rings. The minimum absolute atomic E-state index is 0.124. The van der Waals surface area contributed by atoms with Crippen LogP contribution in [0.4, 0.5) is 0 Å². The zero-order chi connectivity index (χ0) is 9.84. The number of primary amides is 1. The minimum atomic E-state index is -0.549. The maximum Gasteiger partial charge on any atom is 0.239 e. The summed E-state index contributed by atoms with van der Waals surface area (Å²) in [5.41, 5.74) is 5.81. The number of nitrogens with one attached hydrogen (secondary N) is 1. The molecule has 1 aromatic carbocycles. The monoisotopic (exact) mass is 180 g/mol. The number of phenolic OH excluding ortho intramolecular Hbond substituents is 1. The fraction of sp³-hybridized carbons (Fsp3) is 0.222. The molecule has 4 nitrogen and oxygen atoms in total. The van der Waals surface area contributed by atoms with Crippen molar-refractivity contribution < 1.29 is 9.90 Å². The Kier molecular flexibility index (Phi) is 2.87. The van der Waals surface area contributed by atoms with Gasteiger partial charge in [-0.2, -0.15) is 0 Å². The molecule has 0 heterocycles. The lowest BCUT2D eigenvalue weighted by molar-refractivity contribution is -0.120. The van der Waals surface area contributed by atoms with Crippen LogP contribution in [0.2, 0.25) is 0 Å². The SMILES string of the molecule is CNC(C(N)=O)c1cccc(O)c1. The molecule has 70 valence electrons. The molecule has 0 saturated carbocycles. The predicted molar refractivity (Wildman–Crippen MR) is 49.1 cm³/mol. The molecule has 13 heavy (non-hydrogen) atoms. The average molecular weight is 180 g/mol. The largest absolute Gasteiger partial charge is 0.508 e. The van der Waals surface area contributed by atoms with Crippen molar-refractivity contribution in [3.8, 4) is 5.75 Å². The van der Waals surface area contributed by atoms with E-state index in [1.165, 1.54) is 12.1 Å². The van der Waals surface area contributed by atoms with Gasteiger partial charge in [0.15, 0.2) is 0 Å². The van der Waals surface area contributed by atoms with E-state index in [9.17, 15) is 4.79 Å². The average Bonchev–Trinajstić information content (AvgIpc) is 2.04. The summed E-state index contributed by atoms with van der Waals surface area (Å²) >= 11 is 0. The summed E-state index contributed by atoms with van der Waals surface area (Å²) in [5.74, 6) is -0.341. The number of aromatic hydroxyl groups is 1. The maximum atomic E-state index is 10.9. The van der Waals surface area contributed by atoms with Gasteiger partial charge in [0.1, 0.15) is 11.8 Å². The zero-order valence-electron chi connectivity index (χ0n) is 7.32. The van der Waals surface area contributed by atoms with Crippen LogP contribution in [-0.2, 0) is 4.79 Å². The number of benzene rings is 1. The van der Waals surface area contributed by atoms with Gasteiger partial charge in [0, 0.05) is 0 Å². The van der Waals surface area contributed by atoms with Crippen molar-refractivity contribution in [2.24, 2.45) is 5.73 Å². The Morgan fingerprint density at radius 2 is 2.31 bits per heavy atom. The van der Waals surface area contributed by atoms with Crippen LogP contribution in [-0.4, -0.2) is 18.1 Å². The van der Waals surface area contributed by atoms with E-state index >= 15 is 0 Å². The first-order valence-corrected chi connectivity index (χ1v) is 3.90. The van der Waals surface area contributed by atoms with Gasteiger partial charge in [-0.25, -0.2) is 0 Å². The molecule has 1 atom stereocenters. The molecule has 1 amide bonds. The first-order chi connectivity index (χ1) is 6.15. The Hall–Kier alpha value is -1.55. The third kappa shape index (κ3) is 2.19. The Morgan fingerprint density at radius 1 is 1.62 bits per heavy atom.